The molecule has 0 fully saturated rings. The number of hydrogen-bond acceptors (Lipinski definition) is 2. The molecule has 0 saturated carbocycles. The number of carbonyl (C=O) groups excluding carboxylic acids is 1. The van der Waals surface area contributed by atoms with Crippen molar-refractivity contribution in [3.8, 4) is 23.7 Å². The highest BCUT2D eigenvalue weighted by Gasteiger charge is 1.92. The molecule has 0 bridgehead atoms. The van der Waals surface area contributed by atoms with Crippen molar-refractivity contribution in [2.24, 2.45) is 0 Å². The highest BCUT2D eigenvalue weighted by Crippen LogP contribution is 2.11. The molecule has 130 valence electrons. The summed E-state index contributed by atoms with van der Waals surface area (Å²) < 4.78 is 0. The van der Waals surface area contributed by atoms with Crippen LogP contribution in [0.5, 0.6) is 0 Å². The lowest BCUT2D eigenvalue weighted by atomic mass is 10.1. The van der Waals surface area contributed by atoms with E-state index in [-0.39, 0.29) is 6.42 Å². The van der Waals surface area contributed by atoms with E-state index in [4.69, 9.17) is 0 Å². The zero-order valence-electron chi connectivity index (χ0n) is 14.9. The third-order valence-corrected chi connectivity index (χ3v) is 3.83. The van der Waals surface area contributed by atoms with E-state index in [9.17, 15) is 9.90 Å². The standard InChI is InChI=1S/C21H34O2/c1-2-3-4-5-6-7-8-9-10-11-12-13-14-15-16-17-18-19-20-21(22)23/h2-13,18-20H2,1H3,(H,22,23)/p-1. The molecule has 0 aliphatic rings. The Labute approximate surface area is 143 Å². The van der Waals surface area contributed by atoms with Crippen molar-refractivity contribution in [1.82, 2.24) is 0 Å². The van der Waals surface area contributed by atoms with Crippen LogP contribution < -0.4 is 5.11 Å². The Bertz CT molecular complexity index is 390. The maximum absolute atomic E-state index is 10.2. The summed E-state index contributed by atoms with van der Waals surface area (Å²) >= 11 is 0. The fourth-order valence-electron chi connectivity index (χ4n) is 2.41. The highest BCUT2D eigenvalue weighted by atomic mass is 16.4. The number of carboxylic acid groups (broad SMARTS) is 1. The SMILES string of the molecule is CCCCCCCCCCCCCC#CC#CCCCC(=O)[O-]. The molecule has 23 heavy (non-hydrogen) atoms. The summed E-state index contributed by atoms with van der Waals surface area (Å²) in [6.07, 6.45) is 17.0. The molecule has 2 nitrogen and oxygen atoms in total. The van der Waals surface area contributed by atoms with Crippen LogP contribution in [0.1, 0.15) is 103 Å². The Balaban J connectivity index is 3.23. The molecule has 0 rings (SSSR count). The average molecular weight is 317 g/mol. The minimum Gasteiger partial charge on any atom is -0.550 e. The molecule has 0 aromatic rings. The minimum absolute atomic E-state index is 0.0842. The molecule has 0 amide bonds. The van der Waals surface area contributed by atoms with Gasteiger partial charge in [0.2, 0.25) is 0 Å². The van der Waals surface area contributed by atoms with Gasteiger partial charge in [-0.2, -0.15) is 0 Å². The lowest BCUT2D eigenvalue weighted by molar-refractivity contribution is -0.305. The molecule has 0 saturated heterocycles. The average Bonchev–Trinajstić information content (AvgIpc) is 2.53. The summed E-state index contributed by atoms with van der Waals surface area (Å²) in [7, 11) is 0. The summed E-state index contributed by atoms with van der Waals surface area (Å²) in [4.78, 5) is 10.2. The Kier molecular flexibility index (Phi) is 17.5. The van der Waals surface area contributed by atoms with Crippen LogP contribution in [0, 0.1) is 23.7 Å². The van der Waals surface area contributed by atoms with Gasteiger partial charge in [0.1, 0.15) is 0 Å². The van der Waals surface area contributed by atoms with E-state index >= 15 is 0 Å². The molecule has 0 heterocycles. The van der Waals surface area contributed by atoms with Gasteiger partial charge in [-0.25, -0.2) is 0 Å². The molecule has 2 heteroatoms. The van der Waals surface area contributed by atoms with Crippen LogP contribution in [-0.2, 0) is 4.79 Å². The van der Waals surface area contributed by atoms with Crippen LogP contribution in [0.2, 0.25) is 0 Å². The predicted molar refractivity (Wildman–Crippen MR) is 95.5 cm³/mol. The maximum Gasteiger partial charge on any atom is 0.0414 e. The summed E-state index contributed by atoms with van der Waals surface area (Å²) in [5, 5.41) is 10.2. The fourth-order valence-corrected chi connectivity index (χ4v) is 2.41. The fraction of sp³-hybridized carbons (Fsp3) is 0.762. The van der Waals surface area contributed by atoms with Gasteiger partial charge in [0.15, 0.2) is 0 Å². The van der Waals surface area contributed by atoms with Gasteiger partial charge in [0.25, 0.3) is 0 Å². The van der Waals surface area contributed by atoms with E-state index in [0.29, 0.717) is 12.8 Å². The van der Waals surface area contributed by atoms with Gasteiger partial charge in [-0.15, -0.1) is 0 Å². The molecular formula is C21H33O2-. The van der Waals surface area contributed by atoms with Crippen molar-refractivity contribution >= 4 is 5.97 Å². The first kappa shape index (κ1) is 21.6. The number of carboxylic acids is 1. The van der Waals surface area contributed by atoms with E-state index in [1.54, 1.807) is 0 Å². The molecule has 0 atom stereocenters. The van der Waals surface area contributed by atoms with E-state index in [1.807, 2.05) is 0 Å². The zero-order chi connectivity index (χ0) is 17.0. The third kappa shape index (κ3) is 20.6. The van der Waals surface area contributed by atoms with Crippen molar-refractivity contribution in [2.75, 3.05) is 0 Å². The first-order valence-corrected chi connectivity index (χ1v) is 9.43. The lowest BCUT2D eigenvalue weighted by Crippen LogP contribution is -2.21. The first-order valence-electron chi connectivity index (χ1n) is 9.43. The van der Waals surface area contributed by atoms with E-state index in [1.165, 1.54) is 64.2 Å². The van der Waals surface area contributed by atoms with Crippen molar-refractivity contribution in [3.63, 3.8) is 0 Å². The summed E-state index contributed by atoms with van der Waals surface area (Å²) in [6, 6.07) is 0. The monoisotopic (exact) mass is 317 g/mol. The number of aliphatic carboxylic acids is 1. The largest absolute Gasteiger partial charge is 0.550 e. The van der Waals surface area contributed by atoms with E-state index < -0.39 is 5.97 Å². The van der Waals surface area contributed by atoms with Crippen LogP contribution >= 0.6 is 0 Å². The van der Waals surface area contributed by atoms with Gasteiger partial charge < -0.3 is 9.90 Å². The molecule has 0 unspecified atom stereocenters. The molecule has 0 aromatic carbocycles. The Morgan fingerprint density at radius 1 is 0.696 bits per heavy atom. The highest BCUT2D eigenvalue weighted by molar-refractivity contribution is 5.64. The van der Waals surface area contributed by atoms with Gasteiger partial charge in [-0.1, -0.05) is 83.0 Å². The molecule has 0 N–H and O–H groups in total. The first-order chi connectivity index (χ1) is 11.3. The van der Waals surface area contributed by atoms with Crippen molar-refractivity contribution in [1.29, 1.82) is 0 Å². The summed E-state index contributed by atoms with van der Waals surface area (Å²) in [6.45, 7) is 2.26. The molecule has 0 aliphatic carbocycles. The number of unbranched alkanes of at least 4 members (excludes halogenated alkanes) is 12. The Morgan fingerprint density at radius 3 is 1.61 bits per heavy atom. The van der Waals surface area contributed by atoms with Crippen molar-refractivity contribution < 1.29 is 9.90 Å². The number of hydrogen-bond donors (Lipinski definition) is 0. The number of carbonyl (C=O) groups is 1. The van der Waals surface area contributed by atoms with Gasteiger partial charge in [0.05, 0.1) is 0 Å². The van der Waals surface area contributed by atoms with Crippen LogP contribution in [0.4, 0.5) is 0 Å². The number of rotatable bonds is 14. The van der Waals surface area contributed by atoms with E-state index in [0.717, 1.165) is 12.8 Å². The summed E-state index contributed by atoms with van der Waals surface area (Å²) in [5.41, 5.74) is 0. The smallest absolute Gasteiger partial charge is 0.0414 e. The Morgan fingerprint density at radius 2 is 1.13 bits per heavy atom. The summed E-state index contributed by atoms with van der Waals surface area (Å²) in [5.74, 6) is 10.5. The van der Waals surface area contributed by atoms with Crippen LogP contribution in [0.3, 0.4) is 0 Å². The van der Waals surface area contributed by atoms with Gasteiger partial charge in [0, 0.05) is 18.8 Å². The Hall–Kier alpha value is -1.41. The van der Waals surface area contributed by atoms with E-state index in [2.05, 4.69) is 30.6 Å². The molecule has 0 radical (unpaired) electrons. The maximum atomic E-state index is 10.2. The third-order valence-electron chi connectivity index (χ3n) is 3.83. The molecular weight excluding hydrogens is 284 g/mol. The topological polar surface area (TPSA) is 40.1 Å². The van der Waals surface area contributed by atoms with Crippen LogP contribution in [0.25, 0.3) is 0 Å². The second kappa shape index (κ2) is 18.6. The van der Waals surface area contributed by atoms with Gasteiger partial charge >= 0.3 is 0 Å². The normalized spacial score (nSPS) is 9.61. The lowest BCUT2D eigenvalue weighted by Gasteiger charge is -2.01. The van der Waals surface area contributed by atoms with Crippen molar-refractivity contribution in [2.45, 2.75) is 103 Å². The minimum atomic E-state index is -1.01. The van der Waals surface area contributed by atoms with Gasteiger partial charge in [-0.05, 0) is 31.1 Å². The van der Waals surface area contributed by atoms with Crippen LogP contribution in [0.15, 0.2) is 0 Å². The predicted octanol–water partition coefficient (Wildman–Crippen LogP) is 4.61. The van der Waals surface area contributed by atoms with Crippen molar-refractivity contribution in [3.05, 3.63) is 0 Å². The quantitative estimate of drug-likeness (QED) is 0.346. The second-order valence-corrected chi connectivity index (χ2v) is 6.11. The zero-order valence-corrected chi connectivity index (χ0v) is 14.9. The molecule has 0 spiro atoms. The molecule has 0 aliphatic heterocycles. The second-order valence-electron chi connectivity index (χ2n) is 6.11. The van der Waals surface area contributed by atoms with Gasteiger partial charge in [-0.3, -0.25) is 0 Å². The molecule has 0 aromatic heterocycles. The van der Waals surface area contributed by atoms with Crippen LogP contribution in [-0.4, -0.2) is 5.97 Å².